The van der Waals surface area contributed by atoms with E-state index in [-0.39, 0.29) is 11.8 Å². The van der Waals surface area contributed by atoms with E-state index < -0.39 is 0 Å². The number of nitrogens with zero attached hydrogens (tertiary/aromatic N) is 5. The molecule has 2 aromatic heterocycles. The molecule has 21 heavy (non-hydrogen) atoms. The number of carbonyl (C=O) groups is 1. The summed E-state index contributed by atoms with van der Waals surface area (Å²) in [6.07, 6.45) is 2.62. The molecule has 1 aliphatic heterocycles. The second kappa shape index (κ2) is 5.88. The number of aromatic nitrogens is 4. The van der Waals surface area contributed by atoms with Crippen molar-refractivity contribution in [2.24, 2.45) is 0 Å². The zero-order valence-electron chi connectivity index (χ0n) is 12.1. The molecule has 0 aliphatic carbocycles. The summed E-state index contributed by atoms with van der Waals surface area (Å²) in [7, 11) is 0. The lowest BCUT2D eigenvalue weighted by Gasteiger charge is -2.30. The molecule has 1 aliphatic rings. The van der Waals surface area contributed by atoms with E-state index in [1.165, 1.54) is 11.5 Å². The third kappa shape index (κ3) is 2.80. The van der Waals surface area contributed by atoms with Crippen LogP contribution in [0.2, 0.25) is 0 Å². The van der Waals surface area contributed by atoms with E-state index in [1.807, 2.05) is 11.8 Å². The van der Waals surface area contributed by atoms with Crippen LogP contribution in [0.1, 0.15) is 52.8 Å². The van der Waals surface area contributed by atoms with E-state index in [0.29, 0.717) is 23.1 Å². The minimum absolute atomic E-state index is 0.0165. The van der Waals surface area contributed by atoms with Gasteiger partial charge in [0.1, 0.15) is 4.88 Å². The van der Waals surface area contributed by atoms with Crippen LogP contribution in [-0.2, 0) is 6.42 Å². The van der Waals surface area contributed by atoms with Gasteiger partial charge in [0.15, 0.2) is 5.82 Å². The van der Waals surface area contributed by atoms with E-state index in [2.05, 4.69) is 19.7 Å². The molecule has 0 radical (unpaired) electrons. The maximum Gasteiger partial charge on any atom is 0.267 e. The zero-order chi connectivity index (χ0) is 14.8. The first-order chi connectivity index (χ1) is 10.2. The molecule has 112 valence electrons. The van der Waals surface area contributed by atoms with Crippen molar-refractivity contribution in [3.63, 3.8) is 0 Å². The quantitative estimate of drug-likeness (QED) is 0.859. The van der Waals surface area contributed by atoms with Crippen LogP contribution in [0.25, 0.3) is 0 Å². The van der Waals surface area contributed by atoms with Crippen molar-refractivity contribution in [1.82, 2.24) is 24.6 Å². The zero-order valence-corrected chi connectivity index (χ0v) is 12.9. The maximum atomic E-state index is 12.6. The Morgan fingerprint density at radius 1 is 1.52 bits per heavy atom. The van der Waals surface area contributed by atoms with Crippen LogP contribution in [0.3, 0.4) is 0 Å². The molecule has 0 saturated carbocycles. The van der Waals surface area contributed by atoms with Gasteiger partial charge in [-0.05, 0) is 37.7 Å². The number of carbonyl (C=O) groups excluding carboxylic acids is 1. The van der Waals surface area contributed by atoms with E-state index in [4.69, 9.17) is 4.52 Å². The molecule has 0 unspecified atom stereocenters. The Hall–Kier alpha value is -1.83. The molecule has 1 saturated heterocycles. The molecule has 1 atom stereocenters. The highest BCUT2D eigenvalue weighted by molar-refractivity contribution is 7.08. The summed E-state index contributed by atoms with van der Waals surface area (Å²) in [6.45, 7) is 5.15. The molecule has 0 spiro atoms. The lowest BCUT2D eigenvalue weighted by atomic mass is 9.97. The van der Waals surface area contributed by atoms with Crippen molar-refractivity contribution >= 4 is 17.4 Å². The lowest BCUT2D eigenvalue weighted by Crippen LogP contribution is -2.39. The van der Waals surface area contributed by atoms with Crippen molar-refractivity contribution in [3.05, 3.63) is 22.3 Å². The summed E-state index contributed by atoms with van der Waals surface area (Å²) in [5, 5.41) is 7.84. The van der Waals surface area contributed by atoms with Gasteiger partial charge in [0, 0.05) is 13.1 Å². The van der Waals surface area contributed by atoms with Gasteiger partial charge in [-0.15, -0.1) is 5.10 Å². The molecule has 1 fully saturated rings. The van der Waals surface area contributed by atoms with Gasteiger partial charge in [0.25, 0.3) is 5.91 Å². The molecule has 3 heterocycles. The molecular formula is C13H17N5O2S. The van der Waals surface area contributed by atoms with Crippen molar-refractivity contribution in [2.75, 3.05) is 13.1 Å². The Balaban J connectivity index is 1.75. The van der Waals surface area contributed by atoms with E-state index in [1.54, 1.807) is 6.92 Å². The van der Waals surface area contributed by atoms with Crippen LogP contribution in [0, 0.1) is 6.92 Å². The molecule has 8 heteroatoms. The Morgan fingerprint density at radius 3 is 3.10 bits per heavy atom. The largest absolute Gasteiger partial charge is 0.339 e. The van der Waals surface area contributed by atoms with Crippen LogP contribution in [0.15, 0.2) is 4.52 Å². The molecule has 1 amide bonds. The first kappa shape index (κ1) is 14.1. The molecular weight excluding hydrogens is 290 g/mol. The van der Waals surface area contributed by atoms with Crippen molar-refractivity contribution in [3.8, 4) is 0 Å². The fourth-order valence-electron chi connectivity index (χ4n) is 2.59. The van der Waals surface area contributed by atoms with Crippen molar-refractivity contribution < 1.29 is 9.32 Å². The average molecular weight is 307 g/mol. The van der Waals surface area contributed by atoms with Gasteiger partial charge in [0.2, 0.25) is 5.89 Å². The minimum atomic E-state index is 0.0165. The molecule has 2 aromatic rings. The first-order valence-corrected chi connectivity index (χ1v) is 7.87. The number of piperidine rings is 1. The lowest BCUT2D eigenvalue weighted by molar-refractivity contribution is 0.0699. The standard InChI is InChI=1S/C13H17N5O2S/c1-3-10-11(21-17-15-10)13(19)18-6-4-5-9(7-18)12-14-8(2)16-20-12/h9H,3-7H2,1-2H3/t9-/m0/s1. The highest BCUT2D eigenvalue weighted by Gasteiger charge is 2.30. The summed E-state index contributed by atoms with van der Waals surface area (Å²) in [6, 6.07) is 0. The van der Waals surface area contributed by atoms with Crippen molar-refractivity contribution in [2.45, 2.75) is 39.0 Å². The number of likely N-dealkylation sites (tertiary alicyclic amines) is 1. The predicted molar refractivity (Wildman–Crippen MR) is 76.2 cm³/mol. The monoisotopic (exact) mass is 307 g/mol. The van der Waals surface area contributed by atoms with Gasteiger partial charge >= 0.3 is 0 Å². The Kier molecular flexibility index (Phi) is 3.96. The topological polar surface area (TPSA) is 85.0 Å². The van der Waals surface area contributed by atoms with Crippen molar-refractivity contribution in [1.29, 1.82) is 0 Å². The number of amides is 1. The van der Waals surface area contributed by atoms with Gasteiger partial charge in [-0.2, -0.15) is 4.98 Å². The highest BCUT2D eigenvalue weighted by Crippen LogP contribution is 2.27. The van der Waals surface area contributed by atoms with Gasteiger partial charge in [0.05, 0.1) is 11.6 Å². The number of aryl methyl sites for hydroxylation is 2. The van der Waals surface area contributed by atoms with Crippen LogP contribution >= 0.6 is 11.5 Å². The maximum absolute atomic E-state index is 12.6. The summed E-state index contributed by atoms with van der Waals surface area (Å²) in [4.78, 5) is 19.4. The Morgan fingerprint density at radius 2 is 2.38 bits per heavy atom. The third-order valence-corrected chi connectivity index (χ3v) is 4.44. The molecule has 7 nitrogen and oxygen atoms in total. The molecule has 0 N–H and O–H groups in total. The molecule has 3 rings (SSSR count). The average Bonchev–Trinajstić information content (AvgIpc) is 3.15. The Labute approximate surface area is 126 Å². The number of rotatable bonds is 3. The third-order valence-electron chi connectivity index (χ3n) is 3.69. The SMILES string of the molecule is CCc1nnsc1C(=O)N1CCC[C@H](c2nc(C)no2)C1. The Bertz CT molecular complexity index is 638. The summed E-state index contributed by atoms with van der Waals surface area (Å²) >= 11 is 1.17. The number of hydrogen-bond donors (Lipinski definition) is 0. The van der Waals surface area contributed by atoms with Crippen LogP contribution in [0.5, 0.6) is 0 Å². The molecule has 0 aromatic carbocycles. The van der Waals surface area contributed by atoms with Crippen LogP contribution < -0.4 is 0 Å². The predicted octanol–water partition coefficient (Wildman–Crippen LogP) is 1.81. The van der Waals surface area contributed by atoms with Crippen LogP contribution in [-0.4, -0.2) is 43.6 Å². The summed E-state index contributed by atoms with van der Waals surface area (Å²) in [5.74, 6) is 1.40. The van der Waals surface area contributed by atoms with Gasteiger partial charge < -0.3 is 9.42 Å². The van der Waals surface area contributed by atoms with Gasteiger partial charge in [-0.1, -0.05) is 16.6 Å². The summed E-state index contributed by atoms with van der Waals surface area (Å²) < 4.78 is 9.14. The van der Waals surface area contributed by atoms with E-state index in [0.717, 1.165) is 31.5 Å². The van der Waals surface area contributed by atoms with Gasteiger partial charge in [-0.25, -0.2) is 0 Å². The smallest absolute Gasteiger partial charge is 0.267 e. The molecule has 0 bridgehead atoms. The highest BCUT2D eigenvalue weighted by atomic mass is 32.1. The van der Waals surface area contributed by atoms with E-state index >= 15 is 0 Å². The summed E-state index contributed by atoms with van der Waals surface area (Å²) in [5.41, 5.74) is 0.778. The van der Waals surface area contributed by atoms with Crippen LogP contribution in [0.4, 0.5) is 0 Å². The minimum Gasteiger partial charge on any atom is -0.339 e. The second-order valence-corrected chi connectivity index (χ2v) is 5.93. The van der Waals surface area contributed by atoms with E-state index in [9.17, 15) is 4.79 Å². The second-order valence-electron chi connectivity index (χ2n) is 5.17. The normalized spacial score (nSPS) is 19.0. The van der Waals surface area contributed by atoms with Gasteiger partial charge in [-0.3, -0.25) is 4.79 Å². The fourth-order valence-corrected chi connectivity index (χ4v) is 3.31. The first-order valence-electron chi connectivity index (χ1n) is 7.09. The number of hydrogen-bond acceptors (Lipinski definition) is 7. The fraction of sp³-hybridized carbons (Fsp3) is 0.615.